The molecule has 3 rings (SSSR count). The van der Waals surface area contributed by atoms with Gasteiger partial charge in [0.15, 0.2) is 0 Å². The predicted molar refractivity (Wildman–Crippen MR) is 102 cm³/mol. The summed E-state index contributed by atoms with van der Waals surface area (Å²) in [5.41, 5.74) is 1.68. The fraction of sp³-hybridized carbons (Fsp3) is 0.0588. The first-order valence-corrected chi connectivity index (χ1v) is 9.07. The van der Waals surface area contributed by atoms with E-state index in [2.05, 4.69) is 22.6 Å². The van der Waals surface area contributed by atoms with Crippen LogP contribution < -0.4 is 0 Å². The zero-order valence-corrected chi connectivity index (χ0v) is 15.6. The van der Waals surface area contributed by atoms with Gasteiger partial charge in [-0.15, -0.1) is 0 Å². The van der Waals surface area contributed by atoms with Crippen LogP contribution in [0.4, 0.5) is 4.79 Å². The Bertz CT molecular complexity index is 822. The maximum Gasteiger partial charge on any atom is 0.293 e. The lowest BCUT2D eigenvalue weighted by molar-refractivity contribution is -0.123. The number of hydrogen-bond donors (Lipinski definition) is 0. The number of hydrogen-bond acceptors (Lipinski definition) is 3. The molecule has 0 unspecified atom stereocenters. The average molecular weight is 456 g/mol. The van der Waals surface area contributed by atoms with Crippen LogP contribution in [0.15, 0.2) is 53.4 Å². The number of rotatable bonds is 3. The number of benzene rings is 2. The van der Waals surface area contributed by atoms with Crippen molar-refractivity contribution in [3.05, 3.63) is 73.2 Å². The van der Waals surface area contributed by atoms with E-state index in [0.29, 0.717) is 9.93 Å². The Labute approximate surface area is 156 Å². The summed E-state index contributed by atoms with van der Waals surface area (Å²) < 4.78 is 1.03. The maximum absolute atomic E-state index is 12.5. The van der Waals surface area contributed by atoms with Gasteiger partial charge in [0, 0.05) is 8.59 Å². The molecule has 2 aromatic rings. The Morgan fingerprint density at radius 3 is 2.52 bits per heavy atom. The molecule has 0 N–H and O–H groups in total. The number of imide groups is 1. The summed E-state index contributed by atoms with van der Waals surface area (Å²) in [6.45, 7) is 0.188. The summed E-state index contributed by atoms with van der Waals surface area (Å²) >= 11 is 9.28. The molecular weight excluding hydrogens is 445 g/mol. The first kappa shape index (κ1) is 16.5. The maximum atomic E-state index is 12.5. The fourth-order valence-electron chi connectivity index (χ4n) is 2.17. The monoisotopic (exact) mass is 455 g/mol. The van der Waals surface area contributed by atoms with Gasteiger partial charge in [0.05, 0.1) is 11.4 Å². The van der Waals surface area contributed by atoms with E-state index < -0.39 is 0 Å². The summed E-state index contributed by atoms with van der Waals surface area (Å²) in [7, 11) is 0. The summed E-state index contributed by atoms with van der Waals surface area (Å²) in [4.78, 5) is 26.4. The van der Waals surface area contributed by atoms with Crippen LogP contribution >= 0.6 is 46.0 Å². The molecule has 23 heavy (non-hydrogen) atoms. The molecule has 0 saturated carbocycles. The molecule has 1 heterocycles. The molecule has 3 nitrogen and oxygen atoms in total. The molecule has 2 aromatic carbocycles. The molecular formula is C17H11ClINO2S. The fourth-order valence-corrected chi connectivity index (χ4v) is 3.73. The molecule has 0 aromatic heterocycles. The van der Waals surface area contributed by atoms with Crippen LogP contribution in [0.3, 0.4) is 0 Å². The Morgan fingerprint density at radius 2 is 1.78 bits per heavy atom. The highest BCUT2D eigenvalue weighted by Crippen LogP contribution is 2.34. The van der Waals surface area contributed by atoms with E-state index in [9.17, 15) is 9.59 Å². The van der Waals surface area contributed by atoms with Crippen molar-refractivity contribution in [3.63, 3.8) is 0 Å². The van der Waals surface area contributed by atoms with Gasteiger partial charge in [-0.05, 0) is 63.7 Å². The van der Waals surface area contributed by atoms with E-state index in [1.54, 1.807) is 12.1 Å². The van der Waals surface area contributed by atoms with Crippen molar-refractivity contribution in [1.82, 2.24) is 4.90 Å². The van der Waals surface area contributed by atoms with E-state index in [1.165, 1.54) is 4.90 Å². The summed E-state index contributed by atoms with van der Waals surface area (Å²) in [6.07, 6.45) is 1.76. The minimum atomic E-state index is -0.278. The topological polar surface area (TPSA) is 37.4 Å². The van der Waals surface area contributed by atoms with E-state index in [-0.39, 0.29) is 17.7 Å². The van der Waals surface area contributed by atoms with Crippen molar-refractivity contribution in [2.24, 2.45) is 0 Å². The lowest BCUT2D eigenvalue weighted by Crippen LogP contribution is -2.27. The Balaban J connectivity index is 1.86. The van der Waals surface area contributed by atoms with Crippen molar-refractivity contribution in [3.8, 4) is 0 Å². The van der Waals surface area contributed by atoms with E-state index in [4.69, 9.17) is 11.6 Å². The second-order valence-corrected chi connectivity index (χ2v) is 7.44. The van der Waals surface area contributed by atoms with Gasteiger partial charge in [0.2, 0.25) is 0 Å². The quantitative estimate of drug-likeness (QED) is 0.473. The van der Waals surface area contributed by atoms with Crippen LogP contribution in [0.2, 0.25) is 5.02 Å². The second-order valence-electron chi connectivity index (χ2n) is 4.88. The number of carbonyl (C=O) groups excluding carboxylic acids is 2. The normalized spacial score (nSPS) is 16.4. The third kappa shape index (κ3) is 3.62. The van der Waals surface area contributed by atoms with E-state index in [1.807, 2.05) is 42.5 Å². The lowest BCUT2D eigenvalue weighted by Gasteiger charge is -2.13. The van der Waals surface area contributed by atoms with Crippen LogP contribution in [0.1, 0.15) is 11.1 Å². The SMILES string of the molecule is O=C1S/C(=C\c2ccccc2I)C(=O)N1Cc1ccccc1Cl. The standard InChI is InChI=1S/C17H11ClINO2S/c18-13-7-3-1-6-12(13)10-20-16(21)15(23-17(20)22)9-11-5-2-4-8-14(11)19/h1-9H,10H2/b15-9-. The lowest BCUT2D eigenvalue weighted by atomic mass is 10.2. The van der Waals surface area contributed by atoms with Crippen LogP contribution in [-0.2, 0) is 11.3 Å². The van der Waals surface area contributed by atoms with Crippen molar-refractivity contribution in [1.29, 1.82) is 0 Å². The minimum absolute atomic E-state index is 0.188. The molecule has 0 aliphatic carbocycles. The molecule has 0 radical (unpaired) electrons. The number of halogens is 2. The highest BCUT2D eigenvalue weighted by molar-refractivity contribution is 14.1. The highest BCUT2D eigenvalue weighted by atomic mass is 127. The molecule has 0 spiro atoms. The molecule has 1 aliphatic heterocycles. The Kier molecular flexibility index (Phi) is 5.08. The van der Waals surface area contributed by atoms with Crippen molar-refractivity contribution < 1.29 is 9.59 Å². The van der Waals surface area contributed by atoms with Crippen molar-refractivity contribution in [2.45, 2.75) is 6.54 Å². The summed E-state index contributed by atoms with van der Waals surface area (Å²) in [6, 6.07) is 14.9. The molecule has 2 amide bonds. The molecule has 1 aliphatic rings. The second kappa shape index (κ2) is 7.07. The van der Waals surface area contributed by atoms with Gasteiger partial charge >= 0.3 is 0 Å². The van der Waals surface area contributed by atoms with Gasteiger partial charge in [-0.2, -0.15) is 0 Å². The van der Waals surface area contributed by atoms with Crippen LogP contribution in [-0.4, -0.2) is 16.0 Å². The Morgan fingerprint density at radius 1 is 1.09 bits per heavy atom. The third-order valence-electron chi connectivity index (χ3n) is 3.35. The smallest absolute Gasteiger partial charge is 0.268 e. The number of thioether (sulfide) groups is 1. The zero-order valence-electron chi connectivity index (χ0n) is 11.8. The van der Waals surface area contributed by atoms with Gasteiger partial charge in [-0.3, -0.25) is 14.5 Å². The van der Waals surface area contributed by atoms with E-state index >= 15 is 0 Å². The van der Waals surface area contributed by atoms with Crippen LogP contribution in [0, 0.1) is 3.57 Å². The highest BCUT2D eigenvalue weighted by Gasteiger charge is 2.35. The largest absolute Gasteiger partial charge is 0.293 e. The van der Waals surface area contributed by atoms with Crippen LogP contribution in [0.5, 0.6) is 0 Å². The van der Waals surface area contributed by atoms with Gasteiger partial charge in [0.1, 0.15) is 0 Å². The number of amides is 2. The summed E-state index contributed by atoms with van der Waals surface area (Å²) in [5.74, 6) is -0.278. The number of nitrogens with zero attached hydrogens (tertiary/aromatic N) is 1. The molecule has 6 heteroatoms. The van der Waals surface area contributed by atoms with Crippen LogP contribution in [0.25, 0.3) is 6.08 Å². The zero-order chi connectivity index (χ0) is 16.4. The molecule has 1 fully saturated rings. The van der Waals surface area contributed by atoms with E-state index in [0.717, 1.165) is 26.5 Å². The molecule has 116 valence electrons. The third-order valence-corrected chi connectivity index (χ3v) is 5.61. The Hall–Kier alpha value is -1.31. The van der Waals surface area contributed by atoms with Gasteiger partial charge in [-0.1, -0.05) is 48.0 Å². The van der Waals surface area contributed by atoms with Gasteiger partial charge in [0.25, 0.3) is 11.1 Å². The average Bonchev–Trinajstić information content (AvgIpc) is 2.79. The first-order valence-electron chi connectivity index (χ1n) is 6.79. The van der Waals surface area contributed by atoms with Gasteiger partial charge in [-0.25, -0.2) is 0 Å². The molecule has 1 saturated heterocycles. The minimum Gasteiger partial charge on any atom is -0.268 e. The van der Waals surface area contributed by atoms with Gasteiger partial charge < -0.3 is 0 Å². The number of carbonyl (C=O) groups is 2. The molecule has 0 atom stereocenters. The van der Waals surface area contributed by atoms with Crippen molar-refractivity contribution >= 4 is 63.2 Å². The predicted octanol–water partition coefficient (Wildman–Crippen LogP) is 5.18. The molecule has 0 bridgehead atoms. The first-order chi connectivity index (χ1) is 11.1. The summed E-state index contributed by atoms with van der Waals surface area (Å²) in [5, 5.41) is 0.278. The van der Waals surface area contributed by atoms with Crippen molar-refractivity contribution in [2.75, 3.05) is 0 Å².